The Kier molecular flexibility index (Phi) is 3.78. The van der Waals surface area contributed by atoms with Crippen LogP contribution in [0.25, 0.3) is 0 Å². The summed E-state index contributed by atoms with van der Waals surface area (Å²) in [6.45, 7) is 6.66. The molecule has 1 rings (SSSR count). The number of hydrogen-bond donors (Lipinski definition) is 4. The lowest BCUT2D eigenvalue weighted by Gasteiger charge is -2.19. The first-order chi connectivity index (χ1) is 7.28. The molecule has 1 atom stereocenters. The van der Waals surface area contributed by atoms with Crippen LogP contribution in [-0.4, -0.2) is 27.4 Å². The molecular formula is C12H20NO3+. The number of aromatic hydroxyl groups is 2. The van der Waals surface area contributed by atoms with Gasteiger partial charge in [-0.15, -0.1) is 0 Å². The van der Waals surface area contributed by atoms with E-state index in [0.29, 0.717) is 12.1 Å². The van der Waals surface area contributed by atoms with Crippen LogP contribution in [-0.2, 0) is 0 Å². The molecule has 1 aromatic rings. The first kappa shape index (κ1) is 12.8. The van der Waals surface area contributed by atoms with Gasteiger partial charge in [-0.3, -0.25) is 0 Å². The Bertz CT molecular complexity index is 338. The van der Waals surface area contributed by atoms with Crippen LogP contribution in [0.5, 0.6) is 11.5 Å². The third-order valence-electron chi connectivity index (χ3n) is 2.26. The van der Waals surface area contributed by atoms with Gasteiger partial charge in [0.25, 0.3) is 0 Å². The number of phenolic OH excluding ortho intramolecular Hbond substituents is 2. The summed E-state index contributed by atoms with van der Waals surface area (Å²) in [6, 6.07) is 4.16. The predicted octanol–water partition coefficient (Wildman–Crippen LogP) is 0.493. The molecule has 0 aromatic heterocycles. The van der Waals surface area contributed by atoms with Crippen molar-refractivity contribution in [3.8, 4) is 11.5 Å². The summed E-state index contributed by atoms with van der Waals surface area (Å²) in [5.41, 5.74) is 0.567. The quantitative estimate of drug-likeness (QED) is 0.606. The number of nitrogens with two attached hydrogens (primary N) is 1. The minimum Gasteiger partial charge on any atom is -0.508 e. The van der Waals surface area contributed by atoms with Gasteiger partial charge in [-0.2, -0.15) is 0 Å². The van der Waals surface area contributed by atoms with Gasteiger partial charge in [0.15, 0.2) is 0 Å². The van der Waals surface area contributed by atoms with Gasteiger partial charge in [-0.25, -0.2) is 0 Å². The van der Waals surface area contributed by atoms with Gasteiger partial charge < -0.3 is 20.6 Å². The number of rotatable bonds is 3. The zero-order valence-corrected chi connectivity index (χ0v) is 9.94. The smallest absolute Gasteiger partial charge is 0.128 e. The Labute approximate surface area is 95.6 Å². The van der Waals surface area contributed by atoms with E-state index in [-0.39, 0.29) is 17.0 Å². The van der Waals surface area contributed by atoms with Gasteiger partial charge in [0, 0.05) is 6.07 Å². The average Bonchev–Trinajstić information content (AvgIpc) is 2.11. The molecule has 0 heterocycles. The molecule has 0 radical (unpaired) electrons. The maximum Gasteiger partial charge on any atom is 0.128 e. The number of quaternary nitrogens is 1. The molecule has 0 amide bonds. The Balaban J connectivity index is 2.69. The molecule has 0 aliphatic heterocycles. The molecule has 0 bridgehead atoms. The van der Waals surface area contributed by atoms with Gasteiger partial charge >= 0.3 is 0 Å². The standard InChI is InChI=1S/C12H19NO3/c1-12(2,3)13-7-11(16)8-4-9(14)6-10(15)5-8/h4-6,11,13-16H,7H2,1-3H3/p+1. The second kappa shape index (κ2) is 4.72. The van der Waals surface area contributed by atoms with Crippen molar-refractivity contribution in [2.24, 2.45) is 0 Å². The Morgan fingerprint density at radius 2 is 1.62 bits per heavy atom. The predicted molar refractivity (Wildman–Crippen MR) is 61.3 cm³/mol. The van der Waals surface area contributed by atoms with E-state index in [9.17, 15) is 15.3 Å². The van der Waals surface area contributed by atoms with E-state index in [4.69, 9.17) is 0 Å². The number of aliphatic hydroxyl groups excluding tert-OH is 1. The fourth-order valence-corrected chi connectivity index (χ4v) is 1.41. The molecule has 0 spiro atoms. The third kappa shape index (κ3) is 4.08. The molecule has 16 heavy (non-hydrogen) atoms. The van der Waals surface area contributed by atoms with Crippen LogP contribution in [0.1, 0.15) is 32.4 Å². The fraction of sp³-hybridized carbons (Fsp3) is 0.500. The SMILES string of the molecule is CC(C)(C)[NH2+]CC(O)c1cc(O)cc(O)c1. The van der Waals surface area contributed by atoms with Crippen LogP contribution in [0.4, 0.5) is 0 Å². The molecule has 90 valence electrons. The molecular weight excluding hydrogens is 206 g/mol. The summed E-state index contributed by atoms with van der Waals surface area (Å²) in [6.07, 6.45) is -0.697. The zero-order chi connectivity index (χ0) is 12.3. The van der Waals surface area contributed by atoms with Crippen LogP contribution in [0.3, 0.4) is 0 Å². The first-order valence-electron chi connectivity index (χ1n) is 5.33. The highest BCUT2D eigenvalue weighted by Gasteiger charge is 2.18. The molecule has 0 fully saturated rings. The molecule has 5 N–H and O–H groups in total. The molecule has 1 unspecified atom stereocenters. The maximum atomic E-state index is 9.88. The molecule has 0 aliphatic rings. The van der Waals surface area contributed by atoms with E-state index in [1.54, 1.807) is 0 Å². The topological polar surface area (TPSA) is 77.3 Å². The van der Waals surface area contributed by atoms with Gasteiger partial charge in [0.1, 0.15) is 24.1 Å². The molecule has 1 aromatic carbocycles. The first-order valence-corrected chi connectivity index (χ1v) is 5.33. The lowest BCUT2D eigenvalue weighted by Crippen LogP contribution is -2.95. The van der Waals surface area contributed by atoms with E-state index in [0.717, 1.165) is 0 Å². The van der Waals surface area contributed by atoms with Gasteiger partial charge in [-0.05, 0) is 38.5 Å². The lowest BCUT2D eigenvalue weighted by atomic mass is 10.1. The van der Waals surface area contributed by atoms with Crippen LogP contribution < -0.4 is 5.32 Å². The number of phenols is 2. The van der Waals surface area contributed by atoms with Crippen molar-refractivity contribution in [3.63, 3.8) is 0 Å². The minimum atomic E-state index is -0.697. The largest absolute Gasteiger partial charge is 0.508 e. The van der Waals surface area contributed by atoms with Crippen molar-refractivity contribution in [1.82, 2.24) is 0 Å². The minimum absolute atomic E-state index is 0.0372. The van der Waals surface area contributed by atoms with E-state index in [2.05, 4.69) is 20.8 Å². The van der Waals surface area contributed by atoms with Crippen LogP contribution >= 0.6 is 0 Å². The Morgan fingerprint density at radius 1 is 1.12 bits per heavy atom. The lowest BCUT2D eigenvalue weighted by molar-refractivity contribution is -0.722. The highest BCUT2D eigenvalue weighted by Crippen LogP contribution is 2.24. The highest BCUT2D eigenvalue weighted by atomic mass is 16.3. The van der Waals surface area contributed by atoms with E-state index < -0.39 is 6.10 Å². The van der Waals surface area contributed by atoms with Crippen LogP contribution in [0, 0.1) is 0 Å². The fourth-order valence-electron chi connectivity index (χ4n) is 1.41. The summed E-state index contributed by atoms with van der Waals surface area (Å²) in [5.74, 6) is -0.0744. The van der Waals surface area contributed by atoms with Gasteiger partial charge in [-0.1, -0.05) is 0 Å². The molecule has 0 aliphatic carbocycles. The van der Waals surface area contributed by atoms with Crippen molar-refractivity contribution in [1.29, 1.82) is 0 Å². The zero-order valence-electron chi connectivity index (χ0n) is 9.94. The van der Waals surface area contributed by atoms with Crippen molar-refractivity contribution in [2.75, 3.05) is 6.54 Å². The van der Waals surface area contributed by atoms with Crippen LogP contribution in [0.15, 0.2) is 18.2 Å². The maximum absolute atomic E-state index is 9.88. The Hall–Kier alpha value is -1.26. The van der Waals surface area contributed by atoms with Gasteiger partial charge in [0.05, 0.1) is 5.54 Å². The normalized spacial score (nSPS) is 13.8. The summed E-state index contributed by atoms with van der Waals surface area (Å²) >= 11 is 0. The van der Waals surface area contributed by atoms with E-state index in [1.165, 1.54) is 18.2 Å². The monoisotopic (exact) mass is 226 g/mol. The summed E-state index contributed by atoms with van der Waals surface area (Å²) in [4.78, 5) is 0. The second-order valence-corrected chi connectivity index (χ2v) is 5.10. The number of benzene rings is 1. The van der Waals surface area contributed by atoms with E-state index in [1.807, 2.05) is 5.32 Å². The molecule has 4 heteroatoms. The summed E-state index contributed by atoms with van der Waals surface area (Å²) in [5, 5.41) is 30.5. The summed E-state index contributed by atoms with van der Waals surface area (Å²) in [7, 11) is 0. The number of aliphatic hydroxyl groups is 1. The number of hydrogen-bond acceptors (Lipinski definition) is 3. The molecule has 4 nitrogen and oxygen atoms in total. The van der Waals surface area contributed by atoms with Crippen molar-refractivity contribution in [2.45, 2.75) is 32.4 Å². The van der Waals surface area contributed by atoms with Crippen molar-refractivity contribution >= 4 is 0 Å². The Morgan fingerprint density at radius 3 is 2.06 bits per heavy atom. The second-order valence-electron chi connectivity index (χ2n) is 5.10. The van der Waals surface area contributed by atoms with E-state index >= 15 is 0 Å². The van der Waals surface area contributed by atoms with Crippen molar-refractivity contribution < 1.29 is 20.6 Å². The molecule has 0 saturated heterocycles. The van der Waals surface area contributed by atoms with Gasteiger partial charge in [0.2, 0.25) is 0 Å². The average molecular weight is 226 g/mol. The van der Waals surface area contributed by atoms with Crippen LogP contribution in [0.2, 0.25) is 0 Å². The molecule has 0 saturated carbocycles. The highest BCUT2D eigenvalue weighted by molar-refractivity contribution is 5.37. The van der Waals surface area contributed by atoms with Crippen molar-refractivity contribution in [3.05, 3.63) is 23.8 Å². The third-order valence-corrected chi connectivity index (χ3v) is 2.26. The summed E-state index contributed by atoms with van der Waals surface area (Å²) < 4.78 is 0.